The molecule has 0 aromatic heterocycles. The van der Waals surface area contributed by atoms with Crippen molar-refractivity contribution in [1.29, 1.82) is 0 Å². The highest BCUT2D eigenvalue weighted by atomic mass is 35.5. The van der Waals surface area contributed by atoms with Gasteiger partial charge in [-0.25, -0.2) is 13.5 Å². The lowest BCUT2D eigenvalue weighted by molar-refractivity contribution is -0.120. The lowest BCUT2D eigenvalue weighted by Crippen LogP contribution is -2.53. The van der Waals surface area contributed by atoms with Gasteiger partial charge in [-0.3, -0.25) is 4.79 Å². The highest BCUT2D eigenvalue weighted by molar-refractivity contribution is 7.87. The minimum absolute atomic E-state index is 0.0209. The second kappa shape index (κ2) is 7.63. The maximum atomic E-state index is 14.5. The molecular formula is C17H16ClF2N3O4S. The molecule has 2 N–H and O–H groups in total. The van der Waals surface area contributed by atoms with Gasteiger partial charge in [-0.1, -0.05) is 17.7 Å². The average Bonchev–Trinajstić information content (AvgIpc) is 2.64. The number of anilines is 1. The quantitative estimate of drug-likeness (QED) is 0.760. The maximum Gasteiger partial charge on any atom is 0.277 e. The molecule has 150 valence electrons. The smallest absolute Gasteiger partial charge is 0.277 e. The molecular weight excluding hydrogens is 416 g/mol. The predicted molar refractivity (Wildman–Crippen MR) is 99.9 cm³/mol. The molecule has 0 saturated carbocycles. The first-order valence-corrected chi connectivity index (χ1v) is 9.91. The van der Waals surface area contributed by atoms with Gasteiger partial charge in [-0.2, -0.15) is 13.1 Å². The van der Waals surface area contributed by atoms with Crippen LogP contribution in [0.5, 0.6) is 11.5 Å². The van der Waals surface area contributed by atoms with Crippen LogP contribution in [0.3, 0.4) is 0 Å². The molecule has 1 heterocycles. The third-order valence-electron chi connectivity index (χ3n) is 4.23. The van der Waals surface area contributed by atoms with Crippen LogP contribution in [0.1, 0.15) is 5.56 Å². The highest BCUT2D eigenvalue weighted by Gasteiger charge is 2.36. The summed E-state index contributed by atoms with van der Waals surface area (Å²) in [5, 5.41) is 0.0582. The molecule has 0 fully saturated rings. The topological polar surface area (TPSA) is 87.7 Å². The average molecular weight is 432 g/mol. The number of halogens is 3. The number of ether oxygens (including phenoxy) is 1. The number of hydrogen-bond donors (Lipinski definition) is 2. The summed E-state index contributed by atoms with van der Waals surface area (Å²) in [5.41, 5.74) is 0.583. The number of nitrogens with zero attached hydrogens (tertiary/aromatic N) is 1. The standard InChI is InChI=1S/C17H16ClF2N3O4S/c1-21-28(25,26)22-13-7-9-3-6-12(20)16(15(9)23(2)17(13)24)27-14-8-10(19)4-5-11(14)18/h3-6,8,13,21-22H,7H2,1-2H3/t13-/m1/s1. The maximum absolute atomic E-state index is 14.5. The summed E-state index contributed by atoms with van der Waals surface area (Å²) in [4.78, 5) is 13.7. The van der Waals surface area contributed by atoms with E-state index in [1.54, 1.807) is 0 Å². The van der Waals surface area contributed by atoms with Crippen molar-refractivity contribution in [2.45, 2.75) is 12.5 Å². The Morgan fingerprint density at radius 3 is 2.64 bits per heavy atom. The molecule has 1 atom stereocenters. The molecule has 2 aromatic carbocycles. The minimum Gasteiger partial charge on any atom is -0.450 e. The molecule has 0 saturated heterocycles. The van der Waals surface area contributed by atoms with E-state index in [0.717, 1.165) is 23.1 Å². The van der Waals surface area contributed by atoms with Crippen LogP contribution in [0.15, 0.2) is 30.3 Å². The van der Waals surface area contributed by atoms with Crippen LogP contribution >= 0.6 is 11.6 Å². The van der Waals surface area contributed by atoms with E-state index in [4.69, 9.17) is 16.3 Å². The molecule has 3 rings (SSSR count). The molecule has 0 aliphatic carbocycles. The number of nitrogens with one attached hydrogen (secondary N) is 2. The Morgan fingerprint density at radius 1 is 1.25 bits per heavy atom. The molecule has 0 unspecified atom stereocenters. The van der Waals surface area contributed by atoms with E-state index in [-0.39, 0.29) is 28.6 Å². The molecule has 28 heavy (non-hydrogen) atoms. The number of carbonyl (C=O) groups excluding carboxylic acids is 1. The largest absolute Gasteiger partial charge is 0.450 e. The fourth-order valence-electron chi connectivity index (χ4n) is 2.87. The number of hydrogen-bond acceptors (Lipinski definition) is 4. The normalized spacial score (nSPS) is 16.8. The van der Waals surface area contributed by atoms with Gasteiger partial charge in [0.15, 0.2) is 11.6 Å². The van der Waals surface area contributed by atoms with E-state index in [1.165, 1.54) is 26.2 Å². The van der Waals surface area contributed by atoms with Crippen molar-refractivity contribution < 1.29 is 26.7 Å². The molecule has 2 aromatic rings. The van der Waals surface area contributed by atoms with Gasteiger partial charge in [0.2, 0.25) is 5.91 Å². The van der Waals surface area contributed by atoms with Crippen molar-refractivity contribution in [3.8, 4) is 11.5 Å². The Hall–Kier alpha value is -2.27. The Labute approximate surface area is 165 Å². The zero-order valence-corrected chi connectivity index (χ0v) is 16.4. The molecule has 7 nitrogen and oxygen atoms in total. The van der Waals surface area contributed by atoms with Crippen molar-refractivity contribution in [2.75, 3.05) is 19.0 Å². The van der Waals surface area contributed by atoms with E-state index in [9.17, 15) is 22.0 Å². The van der Waals surface area contributed by atoms with E-state index >= 15 is 0 Å². The molecule has 0 spiro atoms. The SMILES string of the molecule is CNS(=O)(=O)N[C@@H]1Cc2ccc(F)c(Oc3cc(F)ccc3Cl)c2N(C)C1=O. The van der Waals surface area contributed by atoms with Gasteiger partial charge in [0.05, 0.1) is 10.7 Å². The van der Waals surface area contributed by atoms with Crippen molar-refractivity contribution >= 4 is 33.4 Å². The molecule has 0 radical (unpaired) electrons. The molecule has 1 amide bonds. The second-order valence-electron chi connectivity index (χ2n) is 6.04. The Kier molecular flexibility index (Phi) is 5.57. The van der Waals surface area contributed by atoms with Crippen LogP contribution in [0.2, 0.25) is 5.02 Å². The van der Waals surface area contributed by atoms with Gasteiger partial charge in [0.1, 0.15) is 17.6 Å². The van der Waals surface area contributed by atoms with E-state index in [2.05, 4.69) is 9.44 Å². The molecule has 1 aliphatic rings. The van der Waals surface area contributed by atoms with Crippen molar-refractivity contribution in [3.63, 3.8) is 0 Å². The van der Waals surface area contributed by atoms with Crippen molar-refractivity contribution in [3.05, 3.63) is 52.6 Å². The monoisotopic (exact) mass is 431 g/mol. The zero-order chi connectivity index (χ0) is 20.6. The lowest BCUT2D eigenvalue weighted by atomic mass is 9.97. The first kappa shape index (κ1) is 20.5. The van der Waals surface area contributed by atoms with E-state index in [1.807, 2.05) is 0 Å². The fourth-order valence-corrected chi connectivity index (χ4v) is 3.70. The number of carbonyl (C=O) groups is 1. The summed E-state index contributed by atoms with van der Waals surface area (Å²) < 4.78 is 61.3. The second-order valence-corrected chi connectivity index (χ2v) is 8.10. The Morgan fingerprint density at radius 2 is 1.96 bits per heavy atom. The van der Waals surface area contributed by atoms with Gasteiger partial charge in [-0.05, 0) is 30.2 Å². The van der Waals surface area contributed by atoms with Crippen molar-refractivity contribution in [1.82, 2.24) is 9.44 Å². The third-order valence-corrected chi connectivity index (χ3v) is 5.67. The number of amides is 1. The van der Waals surface area contributed by atoms with Crippen LogP contribution in [0.25, 0.3) is 0 Å². The summed E-state index contributed by atoms with van der Waals surface area (Å²) in [5.74, 6) is -2.45. The summed E-state index contributed by atoms with van der Waals surface area (Å²) in [6.07, 6.45) is -0.0209. The van der Waals surface area contributed by atoms with Gasteiger partial charge in [0.25, 0.3) is 10.2 Å². The Bertz CT molecular complexity index is 1050. The summed E-state index contributed by atoms with van der Waals surface area (Å²) in [6.45, 7) is 0. The van der Waals surface area contributed by atoms with Crippen LogP contribution in [-0.4, -0.2) is 34.5 Å². The highest BCUT2D eigenvalue weighted by Crippen LogP contribution is 2.42. The first-order valence-electron chi connectivity index (χ1n) is 8.05. The third kappa shape index (κ3) is 3.95. The molecule has 0 bridgehead atoms. The van der Waals surface area contributed by atoms with Crippen LogP contribution < -0.4 is 19.1 Å². The number of fused-ring (bicyclic) bond motifs is 1. The van der Waals surface area contributed by atoms with Crippen LogP contribution in [0, 0.1) is 11.6 Å². The van der Waals surface area contributed by atoms with Gasteiger partial charge in [0, 0.05) is 20.2 Å². The van der Waals surface area contributed by atoms with E-state index in [0.29, 0.717) is 5.56 Å². The summed E-state index contributed by atoms with van der Waals surface area (Å²) >= 11 is 5.98. The lowest BCUT2D eigenvalue weighted by Gasteiger charge is -2.33. The number of benzene rings is 2. The van der Waals surface area contributed by atoms with Gasteiger partial charge < -0.3 is 9.64 Å². The van der Waals surface area contributed by atoms with Crippen LogP contribution in [0.4, 0.5) is 14.5 Å². The summed E-state index contributed by atoms with van der Waals surface area (Å²) in [6, 6.07) is 4.85. The first-order chi connectivity index (χ1) is 13.1. The summed E-state index contributed by atoms with van der Waals surface area (Å²) in [7, 11) is -1.30. The Balaban J connectivity index is 2.03. The van der Waals surface area contributed by atoms with Gasteiger partial charge >= 0.3 is 0 Å². The minimum atomic E-state index is -3.87. The van der Waals surface area contributed by atoms with Crippen LogP contribution in [-0.2, 0) is 21.4 Å². The predicted octanol–water partition coefficient (Wildman–Crippen LogP) is 2.35. The zero-order valence-electron chi connectivity index (χ0n) is 14.8. The molecule has 11 heteroatoms. The number of likely N-dealkylation sites (N-methyl/N-ethyl adjacent to an activating group) is 1. The fraction of sp³-hybridized carbons (Fsp3) is 0.235. The van der Waals surface area contributed by atoms with E-state index < -0.39 is 33.8 Å². The number of rotatable bonds is 5. The molecule has 1 aliphatic heterocycles. The van der Waals surface area contributed by atoms with Crippen molar-refractivity contribution in [2.24, 2.45) is 0 Å². The van der Waals surface area contributed by atoms with Gasteiger partial charge in [-0.15, -0.1) is 0 Å².